The van der Waals surface area contributed by atoms with Crippen molar-refractivity contribution in [2.75, 3.05) is 6.61 Å². The number of nitrogens with one attached hydrogen (secondary N) is 1. The van der Waals surface area contributed by atoms with Crippen molar-refractivity contribution >= 4 is 15.9 Å². The van der Waals surface area contributed by atoms with Crippen molar-refractivity contribution in [3.05, 3.63) is 48.0 Å². The fourth-order valence-electron chi connectivity index (χ4n) is 1.72. The highest BCUT2D eigenvalue weighted by Crippen LogP contribution is 2.28. The summed E-state index contributed by atoms with van der Waals surface area (Å²) < 4.78 is 5.64. The number of imidazole rings is 1. The topological polar surface area (TPSA) is 37.9 Å². The summed E-state index contributed by atoms with van der Waals surface area (Å²) in [5.74, 6) is 1.91. The largest absolute Gasteiger partial charge is 0.494 e. The molecular weight excluding hydrogens is 292 g/mol. The number of aromatic nitrogens is 2. The highest BCUT2D eigenvalue weighted by molar-refractivity contribution is 9.09. The number of ether oxygens (including phenoxy) is 1. The monoisotopic (exact) mass is 308 g/mol. The molecule has 0 aliphatic rings. The molecule has 1 aromatic carbocycles. The van der Waals surface area contributed by atoms with Gasteiger partial charge < -0.3 is 9.72 Å². The van der Waals surface area contributed by atoms with Gasteiger partial charge >= 0.3 is 0 Å². The van der Waals surface area contributed by atoms with E-state index in [1.807, 2.05) is 18.3 Å². The fourth-order valence-corrected chi connectivity index (χ4v) is 2.31. The molecule has 96 valence electrons. The maximum atomic E-state index is 5.64. The molecule has 1 atom stereocenters. The van der Waals surface area contributed by atoms with Gasteiger partial charge in [0.25, 0.3) is 0 Å². The van der Waals surface area contributed by atoms with Gasteiger partial charge in [-0.25, -0.2) is 4.98 Å². The Kier molecular flexibility index (Phi) is 4.81. The van der Waals surface area contributed by atoms with E-state index in [0.29, 0.717) is 0 Å². The van der Waals surface area contributed by atoms with E-state index in [1.54, 1.807) is 6.20 Å². The van der Waals surface area contributed by atoms with E-state index in [1.165, 1.54) is 5.56 Å². The van der Waals surface area contributed by atoms with Crippen LogP contribution in [0, 0.1) is 0 Å². The lowest BCUT2D eigenvalue weighted by atomic mass is 10.1. The van der Waals surface area contributed by atoms with Gasteiger partial charge in [0.2, 0.25) is 0 Å². The highest BCUT2D eigenvalue weighted by atomic mass is 79.9. The second-order valence-corrected chi connectivity index (χ2v) is 5.23. The summed E-state index contributed by atoms with van der Waals surface area (Å²) in [6, 6.07) is 8.20. The Morgan fingerprint density at radius 3 is 3.06 bits per heavy atom. The summed E-state index contributed by atoms with van der Waals surface area (Å²) in [6.07, 6.45) is 5.48. The van der Waals surface area contributed by atoms with Crippen molar-refractivity contribution in [1.29, 1.82) is 0 Å². The van der Waals surface area contributed by atoms with Gasteiger partial charge in [-0.05, 0) is 24.1 Å². The molecule has 0 aliphatic heterocycles. The molecule has 2 aromatic rings. The molecule has 2 rings (SSSR count). The normalized spacial score (nSPS) is 12.3. The first-order chi connectivity index (χ1) is 8.79. The number of alkyl halides is 1. The number of halogens is 1. The molecule has 0 amide bonds. The van der Waals surface area contributed by atoms with Gasteiger partial charge in [-0.2, -0.15) is 0 Å². The molecule has 0 aliphatic carbocycles. The van der Waals surface area contributed by atoms with Crippen molar-refractivity contribution in [2.45, 2.75) is 24.6 Å². The molecule has 0 bridgehead atoms. The van der Waals surface area contributed by atoms with E-state index in [0.717, 1.165) is 31.0 Å². The van der Waals surface area contributed by atoms with Gasteiger partial charge in [0.15, 0.2) is 0 Å². The average molecular weight is 309 g/mol. The zero-order valence-electron chi connectivity index (χ0n) is 10.4. The molecule has 18 heavy (non-hydrogen) atoms. The number of hydrogen-bond donors (Lipinski definition) is 1. The third kappa shape index (κ3) is 3.60. The second kappa shape index (κ2) is 6.59. The molecule has 1 unspecified atom stereocenters. The molecule has 0 fully saturated rings. The number of rotatable bonds is 6. The first kappa shape index (κ1) is 13.1. The number of aromatic amines is 1. The number of H-pyrrole nitrogens is 1. The Morgan fingerprint density at radius 2 is 2.33 bits per heavy atom. The van der Waals surface area contributed by atoms with E-state index in [9.17, 15) is 0 Å². The predicted octanol–water partition coefficient (Wildman–Crippen LogP) is 3.88. The minimum atomic E-state index is 0.244. The number of benzene rings is 1. The van der Waals surface area contributed by atoms with E-state index in [4.69, 9.17) is 4.74 Å². The molecular formula is C14H17BrN2O. The van der Waals surface area contributed by atoms with Crippen molar-refractivity contribution < 1.29 is 4.74 Å². The van der Waals surface area contributed by atoms with Crippen LogP contribution in [-0.4, -0.2) is 16.6 Å². The van der Waals surface area contributed by atoms with Crippen LogP contribution in [0.3, 0.4) is 0 Å². The molecule has 4 heteroatoms. The summed E-state index contributed by atoms with van der Waals surface area (Å²) in [6.45, 7) is 2.86. The van der Waals surface area contributed by atoms with Gasteiger partial charge in [-0.15, -0.1) is 0 Å². The quantitative estimate of drug-likeness (QED) is 0.822. The number of nitrogens with zero attached hydrogens (tertiary/aromatic N) is 1. The smallest absolute Gasteiger partial charge is 0.119 e. The molecule has 0 saturated carbocycles. The zero-order chi connectivity index (χ0) is 12.8. The second-order valence-electron chi connectivity index (χ2n) is 4.13. The molecule has 3 nitrogen and oxygen atoms in total. The van der Waals surface area contributed by atoms with Gasteiger partial charge in [0.05, 0.1) is 6.61 Å². The van der Waals surface area contributed by atoms with Crippen LogP contribution in [0.5, 0.6) is 5.75 Å². The molecule has 0 saturated heterocycles. The third-order valence-electron chi connectivity index (χ3n) is 2.62. The van der Waals surface area contributed by atoms with Crippen molar-refractivity contribution in [3.8, 4) is 5.75 Å². The van der Waals surface area contributed by atoms with Crippen LogP contribution in [0.4, 0.5) is 0 Å². The van der Waals surface area contributed by atoms with Crippen molar-refractivity contribution in [1.82, 2.24) is 9.97 Å². The molecule has 0 spiro atoms. The standard InChI is InChI=1S/C14H17BrN2O/c1-2-8-18-12-5-3-4-11(9-12)13(15)10-14-16-6-7-17-14/h3-7,9,13H,2,8,10H2,1H3,(H,16,17). The lowest BCUT2D eigenvalue weighted by Crippen LogP contribution is -1.99. The Bertz CT molecular complexity index is 470. The van der Waals surface area contributed by atoms with Crippen LogP contribution in [0.1, 0.15) is 29.6 Å². The number of hydrogen-bond acceptors (Lipinski definition) is 2. The average Bonchev–Trinajstić information content (AvgIpc) is 2.89. The maximum Gasteiger partial charge on any atom is 0.119 e. The van der Waals surface area contributed by atoms with Crippen LogP contribution in [-0.2, 0) is 6.42 Å². The van der Waals surface area contributed by atoms with Crippen LogP contribution >= 0.6 is 15.9 Å². The summed E-state index contributed by atoms with van der Waals surface area (Å²) >= 11 is 3.69. The Labute approximate surface area is 116 Å². The molecule has 1 heterocycles. The van der Waals surface area contributed by atoms with Gasteiger partial charge in [0.1, 0.15) is 11.6 Å². The van der Waals surface area contributed by atoms with E-state index < -0.39 is 0 Å². The maximum absolute atomic E-state index is 5.64. The Balaban J connectivity index is 2.03. The molecule has 1 aromatic heterocycles. The summed E-state index contributed by atoms with van der Waals surface area (Å²) in [5, 5.41) is 0. The Morgan fingerprint density at radius 1 is 1.44 bits per heavy atom. The SMILES string of the molecule is CCCOc1cccc(C(Br)Cc2ncc[nH]2)c1. The predicted molar refractivity (Wildman–Crippen MR) is 76.2 cm³/mol. The minimum Gasteiger partial charge on any atom is -0.494 e. The van der Waals surface area contributed by atoms with Crippen LogP contribution < -0.4 is 4.74 Å². The molecule has 1 N–H and O–H groups in total. The fraction of sp³-hybridized carbons (Fsp3) is 0.357. The van der Waals surface area contributed by atoms with Gasteiger partial charge in [-0.3, -0.25) is 0 Å². The summed E-state index contributed by atoms with van der Waals surface area (Å²) in [4.78, 5) is 7.60. The lowest BCUT2D eigenvalue weighted by Gasteiger charge is -2.11. The minimum absolute atomic E-state index is 0.244. The lowest BCUT2D eigenvalue weighted by molar-refractivity contribution is 0.317. The zero-order valence-corrected chi connectivity index (χ0v) is 12.0. The van der Waals surface area contributed by atoms with E-state index in [2.05, 4.69) is 45.0 Å². The highest BCUT2D eigenvalue weighted by Gasteiger charge is 2.10. The van der Waals surface area contributed by atoms with E-state index >= 15 is 0 Å². The van der Waals surface area contributed by atoms with Crippen LogP contribution in [0.15, 0.2) is 36.7 Å². The summed E-state index contributed by atoms with van der Waals surface area (Å²) in [5.41, 5.74) is 1.21. The van der Waals surface area contributed by atoms with Crippen LogP contribution in [0.2, 0.25) is 0 Å². The van der Waals surface area contributed by atoms with Gasteiger partial charge in [-0.1, -0.05) is 35.0 Å². The first-order valence-corrected chi connectivity index (χ1v) is 7.06. The van der Waals surface area contributed by atoms with Gasteiger partial charge in [0, 0.05) is 23.6 Å². The summed E-state index contributed by atoms with van der Waals surface area (Å²) in [7, 11) is 0. The Hall–Kier alpha value is -1.29. The van der Waals surface area contributed by atoms with Crippen molar-refractivity contribution in [2.24, 2.45) is 0 Å². The molecule has 0 radical (unpaired) electrons. The van der Waals surface area contributed by atoms with Crippen LogP contribution in [0.25, 0.3) is 0 Å². The van der Waals surface area contributed by atoms with E-state index in [-0.39, 0.29) is 4.83 Å². The third-order valence-corrected chi connectivity index (χ3v) is 3.47. The first-order valence-electron chi connectivity index (χ1n) is 6.14. The van der Waals surface area contributed by atoms with Crippen molar-refractivity contribution in [3.63, 3.8) is 0 Å².